The van der Waals surface area contributed by atoms with E-state index >= 15 is 0 Å². The van der Waals surface area contributed by atoms with E-state index in [2.05, 4.69) is 30.9 Å². The van der Waals surface area contributed by atoms with E-state index in [-0.39, 0.29) is 28.3 Å². The Morgan fingerprint density at radius 1 is 0.793 bits per heavy atom. The van der Waals surface area contributed by atoms with Gasteiger partial charge >= 0.3 is 18.3 Å². The van der Waals surface area contributed by atoms with Crippen LogP contribution in [0.5, 0.6) is 0 Å². The second-order valence-electron chi connectivity index (χ2n) is 13.8. The minimum absolute atomic E-state index is 0.206. The maximum atomic E-state index is 14.3. The molecule has 2 fully saturated rings. The largest absolute Gasteiger partial charge is 0.479 e. The lowest BCUT2D eigenvalue weighted by molar-refractivity contribution is -0.191. The standard InChI is InChI=1S/C39H26F6N8O5/c1-2-46-32(54)23-16-28(30-19-52(50-48-30)26-10-4-7-22(15-26)21-6-3-9-25(14-21)38(40,41)42)47-29(17-23)31-20-53(51-49-31)27-11-5-8-24(18-27)35-12-13-36(34(55)56)37(58-36,33(35)57-35)39(43,44)45/h3-20,33H,2H2,1H3,(H,46,54)(H,55,56). The topological polar surface area (TPSA) is 166 Å². The normalized spacial score (nSPS) is 23.2. The van der Waals surface area contributed by atoms with Crippen molar-refractivity contribution in [1.29, 1.82) is 0 Å². The van der Waals surface area contributed by atoms with Crippen molar-refractivity contribution in [2.45, 2.75) is 42.2 Å². The predicted octanol–water partition coefficient (Wildman–Crippen LogP) is 6.33. The molecule has 5 heterocycles. The third-order valence-corrected chi connectivity index (χ3v) is 10.3. The summed E-state index contributed by atoms with van der Waals surface area (Å²) in [7, 11) is 0. The van der Waals surface area contributed by atoms with Gasteiger partial charge in [0.1, 0.15) is 23.1 Å². The fourth-order valence-electron chi connectivity index (χ4n) is 7.35. The highest BCUT2D eigenvalue weighted by molar-refractivity contribution is 5.96. The first kappa shape index (κ1) is 36.9. The minimum atomic E-state index is -5.04. The first-order valence-corrected chi connectivity index (χ1v) is 17.5. The number of halogens is 6. The van der Waals surface area contributed by atoms with E-state index in [9.17, 15) is 41.0 Å². The summed E-state index contributed by atoms with van der Waals surface area (Å²) < 4.78 is 96.4. The number of benzene rings is 3. The molecule has 9 rings (SSSR count). The number of rotatable bonds is 9. The van der Waals surface area contributed by atoms with Crippen molar-refractivity contribution in [3.05, 3.63) is 126 Å². The number of carboxylic acid groups (broad SMARTS) is 1. The number of carbonyl (C=O) groups is 2. The van der Waals surface area contributed by atoms with Gasteiger partial charge in [0.15, 0.2) is 0 Å². The summed E-state index contributed by atoms with van der Waals surface area (Å²) in [4.78, 5) is 29.6. The molecule has 0 bridgehead atoms. The Morgan fingerprint density at radius 2 is 1.40 bits per heavy atom. The number of pyridine rings is 1. The van der Waals surface area contributed by atoms with Gasteiger partial charge in [0, 0.05) is 12.1 Å². The van der Waals surface area contributed by atoms with Gasteiger partial charge in [-0.2, -0.15) is 26.3 Å². The number of fused-ring (bicyclic) bond motifs is 3. The number of nitrogens with zero attached hydrogens (tertiary/aromatic N) is 7. The predicted molar refractivity (Wildman–Crippen MR) is 189 cm³/mol. The Kier molecular flexibility index (Phi) is 8.04. The van der Waals surface area contributed by atoms with E-state index in [4.69, 9.17) is 9.47 Å². The van der Waals surface area contributed by atoms with Crippen LogP contribution >= 0.6 is 0 Å². The fourth-order valence-corrected chi connectivity index (χ4v) is 7.35. The molecule has 3 aliphatic rings. The molecule has 2 N–H and O–H groups in total. The number of aliphatic carboxylic acids is 1. The fraction of sp³-hybridized carbons (Fsp3) is 0.205. The van der Waals surface area contributed by atoms with E-state index < -0.39 is 52.7 Å². The molecule has 0 saturated carbocycles. The molecule has 6 aromatic rings. The smallest absolute Gasteiger partial charge is 0.424 e. The van der Waals surface area contributed by atoms with Crippen molar-refractivity contribution in [1.82, 2.24) is 40.3 Å². The van der Waals surface area contributed by atoms with Crippen molar-refractivity contribution in [2.24, 2.45) is 0 Å². The highest BCUT2D eigenvalue weighted by Crippen LogP contribution is 2.73. The lowest BCUT2D eigenvalue weighted by Gasteiger charge is -2.22. The lowest BCUT2D eigenvalue weighted by Crippen LogP contribution is -2.50. The summed E-state index contributed by atoms with van der Waals surface area (Å²) in [5, 5.41) is 29.2. The Hall–Kier alpha value is -6.73. The summed E-state index contributed by atoms with van der Waals surface area (Å²) in [6.07, 6.45) is -5.99. The zero-order valence-electron chi connectivity index (χ0n) is 29.7. The van der Waals surface area contributed by atoms with Crippen LogP contribution in [-0.2, 0) is 26.0 Å². The summed E-state index contributed by atoms with van der Waals surface area (Å²) in [6, 6.07) is 20.9. The molecule has 58 heavy (non-hydrogen) atoms. The van der Waals surface area contributed by atoms with Crippen LogP contribution in [0.4, 0.5) is 26.3 Å². The number of carboxylic acids is 1. The molecule has 13 nitrogen and oxygen atoms in total. The molecule has 0 radical (unpaired) electrons. The van der Waals surface area contributed by atoms with E-state index in [0.717, 1.165) is 18.2 Å². The first-order valence-electron chi connectivity index (χ1n) is 17.5. The number of hydrogen-bond acceptors (Lipinski definition) is 9. The highest BCUT2D eigenvalue weighted by Gasteiger charge is 2.96. The number of amides is 1. The van der Waals surface area contributed by atoms with Crippen LogP contribution in [0.15, 0.2) is 109 Å². The molecular formula is C39H26F6N8O5. The average Bonchev–Trinajstić information content (AvgIpc) is 3.97. The molecule has 2 aliphatic heterocycles. The number of epoxide rings is 2. The zero-order valence-corrected chi connectivity index (χ0v) is 29.7. The average molecular weight is 801 g/mol. The van der Waals surface area contributed by atoms with Crippen molar-refractivity contribution >= 4 is 11.9 Å². The quantitative estimate of drug-likeness (QED) is 0.0959. The van der Waals surface area contributed by atoms with E-state index in [1.807, 2.05) is 0 Å². The van der Waals surface area contributed by atoms with Crippen molar-refractivity contribution in [2.75, 3.05) is 6.54 Å². The zero-order chi connectivity index (χ0) is 40.8. The Morgan fingerprint density at radius 3 is 2.00 bits per heavy atom. The number of carbonyl (C=O) groups excluding carboxylic acids is 1. The van der Waals surface area contributed by atoms with Gasteiger partial charge < -0.3 is 19.9 Å². The van der Waals surface area contributed by atoms with Gasteiger partial charge in [-0.05, 0) is 84.3 Å². The second-order valence-corrected chi connectivity index (χ2v) is 13.8. The van der Waals surface area contributed by atoms with Gasteiger partial charge in [0.2, 0.25) is 11.2 Å². The van der Waals surface area contributed by atoms with Crippen molar-refractivity contribution in [3.63, 3.8) is 0 Å². The number of hydrogen-bond donors (Lipinski definition) is 2. The Labute approximate surface area is 322 Å². The Balaban J connectivity index is 1.02. The summed E-state index contributed by atoms with van der Waals surface area (Å²) >= 11 is 0. The van der Waals surface area contributed by atoms with Crippen LogP contribution in [0.1, 0.15) is 28.4 Å². The number of ether oxygens (including phenoxy) is 2. The van der Waals surface area contributed by atoms with E-state index in [0.29, 0.717) is 34.6 Å². The molecule has 1 amide bonds. The van der Waals surface area contributed by atoms with Crippen LogP contribution in [0.3, 0.4) is 0 Å². The number of aromatic nitrogens is 7. The molecule has 3 aromatic heterocycles. The molecule has 0 spiro atoms. The van der Waals surface area contributed by atoms with Crippen LogP contribution in [0.2, 0.25) is 0 Å². The summed E-state index contributed by atoms with van der Waals surface area (Å²) in [6.45, 7) is 2.08. The lowest BCUT2D eigenvalue weighted by atomic mass is 9.76. The van der Waals surface area contributed by atoms with E-state index in [1.165, 1.54) is 45.9 Å². The van der Waals surface area contributed by atoms with Gasteiger partial charge in [-0.15, -0.1) is 10.2 Å². The summed E-state index contributed by atoms with van der Waals surface area (Å²) in [5.41, 5.74) is -4.87. The van der Waals surface area contributed by atoms with Crippen LogP contribution < -0.4 is 5.32 Å². The van der Waals surface area contributed by atoms with Gasteiger partial charge in [-0.1, -0.05) is 46.8 Å². The number of alkyl halides is 6. The molecule has 4 unspecified atom stereocenters. The SMILES string of the molecule is CCNC(=O)c1cc(-c2cn(-c3cccc(-c4cccc(C(F)(F)F)c4)c3)nn2)nc(-c2cn(-c3cccc(C45C=CC6(C(=O)O)OC6(C(F)(F)F)C4O5)c3)nn2)c1. The molecule has 1 aliphatic carbocycles. The molecule has 4 atom stereocenters. The van der Waals surface area contributed by atoms with Crippen LogP contribution in [0.25, 0.3) is 45.3 Å². The van der Waals surface area contributed by atoms with Gasteiger partial charge in [-0.25, -0.2) is 19.1 Å². The van der Waals surface area contributed by atoms with Crippen molar-refractivity contribution < 1.29 is 50.5 Å². The van der Waals surface area contributed by atoms with Gasteiger partial charge in [0.05, 0.1) is 40.7 Å². The van der Waals surface area contributed by atoms with Gasteiger partial charge in [-0.3, -0.25) is 4.79 Å². The molecule has 294 valence electrons. The monoisotopic (exact) mass is 800 g/mol. The van der Waals surface area contributed by atoms with Crippen LogP contribution in [0, 0.1) is 0 Å². The molecule has 3 aromatic carbocycles. The maximum absolute atomic E-state index is 14.3. The van der Waals surface area contributed by atoms with Crippen LogP contribution in [-0.4, -0.2) is 82.0 Å². The highest BCUT2D eigenvalue weighted by atomic mass is 19.4. The maximum Gasteiger partial charge on any atom is 0.424 e. The second kappa shape index (κ2) is 12.6. The molecule has 19 heteroatoms. The van der Waals surface area contributed by atoms with Crippen molar-refractivity contribution in [3.8, 4) is 45.3 Å². The Bertz CT molecular complexity index is 2690. The third-order valence-electron chi connectivity index (χ3n) is 10.3. The molecule has 2 saturated heterocycles. The summed E-state index contributed by atoms with van der Waals surface area (Å²) in [5.74, 6) is -2.19. The third kappa shape index (κ3) is 5.67. The molecular weight excluding hydrogens is 774 g/mol. The van der Waals surface area contributed by atoms with E-state index in [1.54, 1.807) is 61.7 Å². The number of nitrogens with one attached hydrogen (secondary N) is 1. The minimum Gasteiger partial charge on any atom is -0.479 e. The first-order chi connectivity index (χ1) is 27.6. The van der Waals surface area contributed by atoms with Gasteiger partial charge in [0.25, 0.3) is 5.91 Å².